The van der Waals surface area contributed by atoms with Gasteiger partial charge in [0.05, 0.1) is 5.52 Å². The summed E-state index contributed by atoms with van der Waals surface area (Å²) < 4.78 is 17.6. The molecular formula is C23H19FN5. The van der Waals surface area contributed by atoms with E-state index in [4.69, 9.17) is 0 Å². The summed E-state index contributed by atoms with van der Waals surface area (Å²) >= 11 is 0. The molecule has 1 radical (unpaired) electrons. The van der Waals surface area contributed by atoms with Crippen molar-refractivity contribution >= 4 is 33.4 Å². The highest BCUT2D eigenvalue weighted by molar-refractivity contribution is 5.90. The zero-order valence-electron chi connectivity index (χ0n) is 15.7. The van der Waals surface area contributed by atoms with Crippen molar-refractivity contribution < 1.29 is 4.39 Å². The largest absolute Gasteiger partial charge is 0.343 e. The smallest absolute Gasteiger partial charge is 0.158 e. The van der Waals surface area contributed by atoms with Gasteiger partial charge >= 0.3 is 0 Å². The van der Waals surface area contributed by atoms with Crippen molar-refractivity contribution in [2.24, 2.45) is 0 Å². The summed E-state index contributed by atoms with van der Waals surface area (Å²) in [5.74, 6) is 0.538. The van der Waals surface area contributed by atoms with Crippen molar-refractivity contribution in [2.45, 2.75) is 13.1 Å². The Kier molecular flexibility index (Phi) is 4.24. The van der Waals surface area contributed by atoms with Crippen LogP contribution in [0.4, 0.5) is 15.9 Å². The first-order chi connectivity index (χ1) is 14.2. The van der Waals surface area contributed by atoms with Crippen LogP contribution in [0, 0.1) is 12.7 Å². The highest BCUT2D eigenvalue weighted by atomic mass is 19.1. The minimum absolute atomic E-state index is 0.214. The van der Waals surface area contributed by atoms with Crippen LogP contribution in [0.5, 0.6) is 0 Å². The molecule has 5 nitrogen and oxygen atoms in total. The van der Waals surface area contributed by atoms with E-state index >= 15 is 0 Å². The van der Waals surface area contributed by atoms with E-state index in [0.29, 0.717) is 13.1 Å². The second kappa shape index (κ2) is 7.05. The third-order valence-electron chi connectivity index (χ3n) is 5.07. The second-order valence-electron chi connectivity index (χ2n) is 6.94. The molecule has 143 valence electrons. The first-order valence-corrected chi connectivity index (χ1v) is 9.41. The third-order valence-corrected chi connectivity index (χ3v) is 5.07. The van der Waals surface area contributed by atoms with Crippen LogP contribution in [0.3, 0.4) is 0 Å². The summed E-state index contributed by atoms with van der Waals surface area (Å²) in [6.45, 7) is 5.19. The molecule has 5 rings (SSSR count). The van der Waals surface area contributed by atoms with Crippen molar-refractivity contribution in [1.82, 2.24) is 19.1 Å². The molecule has 0 aliphatic heterocycles. The molecule has 0 aliphatic carbocycles. The molecule has 0 saturated heterocycles. The molecule has 3 heterocycles. The monoisotopic (exact) mass is 384 g/mol. The van der Waals surface area contributed by atoms with Crippen LogP contribution >= 0.6 is 0 Å². The van der Waals surface area contributed by atoms with Gasteiger partial charge in [-0.15, -0.1) is 0 Å². The van der Waals surface area contributed by atoms with Crippen LogP contribution < -0.4 is 5.32 Å². The molecule has 6 heteroatoms. The molecule has 0 bridgehead atoms. The number of anilines is 2. The van der Waals surface area contributed by atoms with E-state index in [-0.39, 0.29) is 5.82 Å². The normalized spacial score (nSPS) is 11.4. The van der Waals surface area contributed by atoms with Crippen molar-refractivity contribution in [3.8, 4) is 0 Å². The molecule has 3 aromatic heterocycles. The van der Waals surface area contributed by atoms with Crippen molar-refractivity contribution in [1.29, 1.82) is 0 Å². The van der Waals surface area contributed by atoms with E-state index in [1.807, 2.05) is 35.2 Å². The minimum atomic E-state index is -0.214. The fourth-order valence-electron chi connectivity index (χ4n) is 3.69. The molecule has 0 unspecified atom stereocenters. The Balaban J connectivity index is 1.46. The number of hydrogen-bond acceptors (Lipinski definition) is 3. The van der Waals surface area contributed by atoms with Gasteiger partial charge in [0.25, 0.3) is 0 Å². The maximum atomic E-state index is 13.5. The Morgan fingerprint density at radius 2 is 1.86 bits per heavy atom. The summed E-state index contributed by atoms with van der Waals surface area (Å²) in [5, 5.41) is 4.51. The lowest BCUT2D eigenvalue weighted by Gasteiger charge is -2.10. The van der Waals surface area contributed by atoms with E-state index in [2.05, 4.69) is 45.0 Å². The molecule has 0 saturated carbocycles. The summed E-state index contributed by atoms with van der Waals surface area (Å²) in [6.07, 6.45) is 5.55. The predicted octanol–water partition coefficient (Wildman–Crippen LogP) is 5.15. The SMILES string of the molecule is [CH2]Cn1ccc2ncnc(Nc3ccc4c(ccn4Cc4cccc(F)c4)c3)c21. The molecule has 0 amide bonds. The fourth-order valence-corrected chi connectivity index (χ4v) is 3.69. The van der Waals surface area contributed by atoms with Gasteiger partial charge in [-0.1, -0.05) is 12.1 Å². The molecule has 2 aromatic carbocycles. The molecule has 1 N–H and O–H groups in total. The summed E-state index contributed by atoms with van der Waals surface area (Å²) in [7, 11) is 0. The molecule has 0 spiro atoms. The quantitative estimate of drug-likeness (QED) is 0.456. The topological polar surface area (TPSA) is 47.7 Å². The Labute approximate surface area is 167 Å². The van der Waals surface area contributed by atoms with Crippen LogP contribution in [0.15, 0.2) is 73.3 Å². The fraction of sp³-hybridized carbons (Fsp3) is 0.0870. The first-order valence-electron chi connectivity index (χ1n) is 9.41. The zero-order chi connectivity index (χ0) is 19.8. The highest BCUT2D eigenvalue weighted by Gasteiger charge is 2.10. The Morgan fingerprint density at radius 1 is 0.966 bits per heavy atom. The Morgan fingerprint density at radius 3 is 2.72 bits per heavy atom. The van der Waals surface area contributed by atoms with E-state index in [9.17, 15) is 4.39 Å². The van der Waals surface area contributed by atoms with Gasteiger partial charge in [-0.2, -0.15) is 0 Å². The van der Waals surface area contributed by atoms with Gasteiger partial charge in [0.1, 0.15) is 17.7 Å². The number of aromatic nitrogens is 4. The predicted molar refractivity (Wildman–Crippen MR) is 114 cm³/mol. The first kappa shape index (κ1) is 17.4. The number of nitrogens with zero attached hydrogens (tertiary/aromatic N) is 4. The number of halogens is 1. The molecule has 0 atom stereocenters. The molecular weight excluding hydrogens is 365 g/mol. The average Bonchev–Trinajstić information content (AvgIpc) is 3.32. The van der Waals surface area contributed by atoms with Crippen molar-refractivity contribution in [3.63, 3.8) is 0 Å². The lowest BCUT2D eigenvalue weighted by Crippen LogP contribution is -2.01. The van der Waals surface area contributed by atoms with E-state index < -0.39 is 0 Å². The second-order valence-corrected chi connectivity index (χ2v) is 6.94. The van der Waals surface area contributed by atoms with Crippen LogP contribution in [0.1, 0.15) is 5.56 Å². The van der Waals surface area contributed by atoms with Crippen LogP contribution in [0.25, 0.3) is 21.9 Å². The van der Waals surface area contributed by atoms with E-state index in [1.54, 1.807) is 18.5 Å². The van der Waals surface area contributed by atoms with Gasteiger partial charge in [-0.05, 0) is 55.0 Å². The number of nitrogens with one attached hydrogen (secondary N) is 1. The number of hydrogen-bond donors (Lipinski definition) is 1. The molecule has 0 fully saturated rings. The van der Waals surface area contributed by atoms with Crippen molar-refractivity contribution in [2.75, 3.05) is 5.32 Å². The molecule has 29 heavy (non-hydrogen) atoms. The third kappa shape index (κ3) is 3.23. The van der Waals surface area contributed by atoms with Gasteiger partial charge in [0.2, 0.25) is 0 Å². The van der Waals surface area contributed by atoms with Gasteiger partial charge in [-0.25, -0.2) is 14.4 Å². The number of benzene rings is 2. The highest BCUT2D eigenvalue weighted by Crippen LogP contribution is 2.27. The van der Waals surface area contributed by atoms with Gasteiger partial charge in [0.15, 0.2) is 5.82 Å². The summed E-state index contributed by atoms with van der Waals surface area (Å²) in [5.41, 5.74) is 4.79. The minimum Gasteiger partial charge on any atom is -0.343 e. The van der Waals surface area contributed by atoms with Gasteiger partial charge in [0, 0.05) is 42.1 Å². The van der Waals surface area contributed by atoms with Gasteiger partial charge < -0.3 is 14.5 Å². The van der Waals surface area contributed by atoms with Crippen LogP contribution in [-0.4, -0.2) is 19.1 Å². The van der Waals surface area contributed by atoms with Crippen LogP contribution in [0.2, 0.25) is 0 Å². The summed E-state index contributed by atoms with van der Waals surface area (Å²) in [4.78, 5) is 8.74. The summed E-state index contributed by atoms with van der Waals surface area (Å²) in [6, 6.07) is 16.9. The van der Waals surface area contributed by atoms with Gasteiger partial charge in [-0.3, -0.25) is 0 Å². The maximum Gasteiger partial charge on any atom is 0.158 e. The number of rotatable bonds is 5. The maximum absolute atomic E-state index is 13.5. The zero-order valence-corrected chi connectivity index (χ0v) is 15.7. The van der Waals surface area contributed by atoms with Crippen molar-refractivity contribution in [3.05, 3.63) is 91.6 Å². The average molecular weight is 384 g/mol. The lowest BCUT2D eigenvalue weighted by atomic mass is 10.2. The number of fused-ring (bicyclic) bond motifs is 2. The standard InChI is InChI=1S/C23H19FN5/c1-2-28-11-9-20-22(28)23(26-15-25-20)27-19-6-7-21-17(13-19)8-10-29(21)14-16-4-3-5-18(24)12-16/h3-13,15H,1-2,14H2,(H,25,26,27). The van der Waals surface area contributed by atoms with Crippen LogP contribution in [-0.2, 0) is 13.1 Å². The van der Waals surface area contributed by atoms with E-state index in [0.717, 1.165) is 39.0 Å². The lowest BCUT2D eigenvalue weighted by molar-refractivity contribution is 0.624. The Hall–Kier alpha value is -3.67. The molecule has 0 aliphatic rings. The Bertz CT molecular complexity index is 1320. The molecule has 5 aromatic rings. The van der Waals surface area contributed by atoms with E-state index in [1.165, 1.54) is 6.07 Å².